The Morgan fingerprint density at radius 3 is 1.11 bits per heavy atom. The zero-order chi connectivity index (χ0) is 22.6. The van der Waals surface area contributed by atoms with E-state index in [9.17, 15) is 9.59 Å². The number of urea groups is 2. The van der Waals surface area contributed by atoms with Crippen LogP contribution < -0.4 is 22.5 Å². The molecule has 0 aromatic carbocycles. The molecule has 0 aromatic rings. The third-order valence-electron chi connectivity index (χ3n) is 4.78. The predicted molar refractivity (Wildman–Crippen MR) is 111 cm³/mol. The molecule has 0 aliphatic rings. The van der Waals surface area contributed by atoms with Crippen LogP contribution in [-0.4, -0.2) is 44.3 Å². The Hall–Kier alpha value is -1.94. The topological polar surface area (TPSA) is 141 Å². The average molecular weight is 401 g/mol. The molecule has 10 nitrogen and oxygen atoms in total. The van der Waals surface area contributed by atoms with E-state index < -0.39 is 34.5 Å². The van der Waals surface area contributed by atoms with Crippen LogP contribution in [0.15, 0.2) is 10.2 Å². The number of hydrogen-bond donors (Lipinski definition) is 4. The van der Waals surface area contributed by atoms with Gasteiger partial charge in [-0.3, -0.25) is 20.7 Å². The fourth-order valence-corrected chi connectivity index (χ4v) is 3.38. The fraction of sp³-hybridized carbons (Fsp3) is 0.889. The Morgan fingerprint density at radius 1 is 0.714 bits per heavy atom. The first-order valence-corrected chi connectivity index (χ1v) is 9.60. The van der Waals surface area contributed by atoms with E-state index in [1.165, 1.54) is 0 Å². The van der Waals surface area contributed by atoms with E-state index in [0.717, 1.165) is 0 Å². The van der Waals surface area contributed by atoms with Crippen molar-refractivity contribution in [3.63, 3.8) is 0 Å². The zero-order valence-corrected chi connectivity index (χ0v) is 19.2. The highest BCUT2D eigenvalue weighted by Crippen LogP contribution is 2.34. The molecule has 0 bridgehead atoms. The van der Waals surface area contributed by atoms with E-state index in [4.69, 9.17) is 11.7 Å². The fourth-order valence-electron chi connectivity index (χ4n) is 3.38. The molecule has 0 aromatic heterocycles. The van der Waals surface area contributed by atoms with Crippen LogP contribution in [0.2, 0.25) is 0 Å². The number of carbonyl (C=O) groups is 2. The van der Waals surface area contributed by atoms with Crippen LogP contribution in [0.5, 0.6) is 0 Å². The zero-order valence-electron chi connectivity index (χ0n) is 19.2. The molecule has 0 aliphatic heterocycles. The van der Waals surface area contributed by atoms with Gasteiger partial charge in [-0.25, -0.2) is 21.3 Å². The molecule has 28 heavy (non-hydrogen) atoms. The lowest BCUT2D eigenvalue weighted by Crippen LogP contribution is -2.63. The number of azo groups is 1. The van der Waals surface area contributed by atoms with Gasteiger partial charge in [0.05, 0.1) is 0 Å². The van der Waals surface area contributed by atoms with Crippen LogP contribution in [0.3, 0.4) is 0 Å². The van der Waals surface area contributed by atoms with Crippen molar-refractivity contribution < 1.29 is 9.59 Å². The Kier molecular flexibility index (Phi) is 8.41. The summed E-state index contributed by atoms with van der Waals surface area (Å²) in [5.41, 5.74) is 1.32. The van der Waals surface area contributed by atoms with Crippen molar-refractivity contribution in [2.45, 2.75) is 104 Å². The van der Waals surface area contributed by atoms with Gasteiger partial charge in [-0.15, -0.1) is 0 Å². The molecule has 2 atom stereocenters. The number of carbonyl (C=O) groups excluding carboxylic acids is 2. The van der Waals surface area contributed by atoms with Gasteiger partial charge in [0.15, 0.2) is 11.3 Å². The van der Waals surface area contributed by atoms with Crippen molar-refractivity contribution in [1.29, 1.82) is 0 Å². The molecule has 0 spiro atoms. The summed E-state index contributed by atoms with van der Waals surface area (Å²) in [7, 11) is 0. The van der Waals surface area contributed by atoms with Gasteiger partial charge < -0.3 is 0 Å². The maximum absolute atomic E-state index is 12.5. The molecule has 4 amide bonds. The first-order chi connectivity index (χ1) is 12.5. The Balaban J connectivity index is 6.37. The second-order valence-corrected chi connectivity index (χ2v) is 9.25. The van der Waals surface area contributed by atoms with Gasteiger partial charge in [-0.2, -0.15) is 10.2 Å². The van der Waals surface area contributed by atoms with Crippen molar-refractivity contribution in [2.75, 3.05) is 0 Å². The van der Waals surface area contributed by atoms with Gasteiger partial charge in [0.1, 0.15) is 0 Å². The third kappa shape index (κ3) is 5.78. The largest absolute Gasteiger partial charge is 0.333 e. The lowest BCUT2D eigenvalue weighted by Gasteiger charge is -2.47. The smallest absolute Gasteiger partial charge is 0.292 e. The summed E-state index contributed by atoms with van der Waals surface area (Å²) in [5, 5.41) is 9.15. The van der Waals surface area contributed by atoms with E-state index in [-0.39, 0.29) is 0 Å². The summed E-state index contributed by atoms with van der Waals surface area (Å²) in [6, 6.07) is -0.914. The first kappa shape index (κ1) is 26.1. The van der Waals surface area contributed by atoms with Crippen LogP contribution in [0, 0.1) is 0 Å². The number of nitrogens with two attached hydrogens (primary N) is 2. The summed E-state index contributed by atoms with van der Waals surface area (Å²) >= 11 is 0. The summed E-state index contributed by atoms with van der Waals surface area (Å²) in [6.45, 7) is 18.8. The highest BCUT2D eigenvalue weighted by atomic mass is 16.2. The second kappa shape index (κ2) is 9.04. The molecule has 0 radical (unpaired) electrons. The van der Waals surface area contributed by atoms with Crippen molar-refractivity contribution in [1.82, 2.24) is 20.7 Å². The van der Waals surface area contributed by atoms with Crippen LogP contribution in [0.1, 0.15) is 82.1 Å². The maximum atomic E-state index is 12.5. The minimum atomic E-state index is -0.971. The minimum Gasteiger partial charge on any atom is -0.292 e. The number of rotatable bonds is 6. The summed E-state index contributed by atoms with van der Waals surface area (Å²) in [5.74, 6) is 10.8. The summed E-state index contributed by atoms with van der Waals surface area (Å²) < 4.78 is 0. The second-order valence-electron chi connectivity index (χ2n) is 9.25. The van der Waals surface area contributed by atoms with Crippen molar-refractivity contribution in [3.05, 3.63) is 0 Å². The molecular weight excluding hydrogens is 360 g/mol. The maximum Gasteiger partial charge on any atom is 0.333 e. The van der Waals surface area contributed by atoms with Gasteiger partial charge in [-0.1, -0.05) is 13.8 Å². The monoisotopic (exact) mass is 400 g/mol. The number of nitrogens with zero attached hydrogens (tertiary/aromatic N) is 4. The molecule has 2 unspecified atom stereocenters. The highest BCUT2D eigenvalue weighted by Gasteiger charge is 2.44. The molecule has 10 heteroatoms. The van der Waals surface area contributed by atoms with Crippen LogP contribution >= 0.6 is 0 Å². The van der Waals surface area contributed by atoms with Crippen molar-refractivity contribution in [3.8, 4) is 0 Å². The van der Waals surface area contributed by atoms with E-state index in [0.29, 0.717) is 12.8 Å². The highest BCUT2D eigenvalue weighted by molar-refractivity contribution is 5.75. The molecule has 0 fully saturated rings. The molecular formula is C18H40N8O2. The molecule has 0 rings (SSSR count). The van der Waals surface area contributed by atoms with Crippen LogP contribution in [0.4, 0.5) is 9.59 Å². The van der Waals surface area contributed by atoms with Gasteiger partial charge in [0.2, 0.25) is 0 Å². The molecule has 0 saturated heterocycles. The third-order valence-corrected chi connectivity index (χ3v) is 4.78. The predicted octanol–water partition coefficient (Wildman–Crippen LogP) is 3.06. The Bertz CT molecular complexity index is 531. The lowest BCUT2D eigenvalue weighted by molar-refractivity contribution is 0.0267. The average Bonchev–Trinajstić information content (AvgIpc) is 2.57. The standard InChI is InChI=1S/C18H40N8O2/c1-11-17(9,25(13(27)21-19)15(3,4)5)23-24-18(10,12-2)26(14(28)22-20)16(6,7)8/h11-12,19-20H2,1-10H3,(H,21,27)(H,22,28). The minimum absolute atomic E-state index is 0.457. The van der Waals surface area contributed by atoms with E-state index in [2.05, 4.69) is 21.1 Å². The van der Waals surface area contributed by atoms with Gasteiger partial charge in [-0.05, 0) is 68.2 Å². The summed E-state index contributed by atoms with van der Waals surface area (Å²) in [6.07, 6.45) is 0.999. The van der Waals surface area contributed by atoms with Crippen molar-refractivity contribution >= 4 is 12.1 Å². The number of hydrogen-bond acceptors (Lipinski definition) is 6. The number of hydrazine groups is 2. The van der Waals surface area contributed by atoms with E-state index in [1.807, 2.05) is 69.2 Å². The molecule has 0 saturated carbocycles. The molecule has 6 N–H and O–H groups in total. The molecule has 0 heterocycles. The lowest BCUT2D eigenvalue weighted by atomic mass is 9.98. The Morgan fingerprint density at radius 2 is 0.964 bits per heavy atom. The Labute approximate surface area is 169 Å². The number of amides is 4. The molecule has 0 aliphatic carbocycles. The quantitative estimate of drug-likeness (QED) is 0.235. The van der Waals surface area contributed by atoms with Crippen molar-refractivity contribution in [2.24, 2.45) is 21.9 Å². The van der Waals surface area contributed by atoms with E-state index in [1.54, 1.807) is 9.80 Å². The van der Waals surface area contributed by atoms with Gasteiger partial charge in [0.25, 0.3) is 0 Å². The van der Waals surface area contributed by atoms with E-state index >= 15 is 0 Å². The normalized spacial score (nSPS) is 16.9. The van der Waals surface area contributed by atoms with Crippen LogP contribution in [-0.2, 0) is 0 Å². The van der Waals surface area contributed by atoms with Crippen LogP contribution in [0.25, 0.3) is 0 Å². The van der Waals surface area contributed by atoms with Gasteiger partial charge >= 0.3 is 12.1 Å². The summed E-state index contributed by atoms with van der Waals surface area (Å²) in [4.78, 5) is 28.1. The molecule has 164 valence electrons. The van der Waals surface area contributed by atoms with Gasteiger partial charge in [0, 0.05) is 11.1 Å². The first-order valence-electron chi connectivity index (χ1n) is 9.60. The SMILES string of the molecule is CCC(C)(N=NC(C)(CC)N(C(=O)NN)C(C)(C)C)N(C(=O)NN)C(C)(C)C. The number of nitrogens with one attached hydrogen (secondary N) is 2.